The number of hydrogen-bond donors (Lipinski definition) is 2. The molecule has 0 heterocycles. The van der Waals surface area contributed by atoms with E-state index in [0.717, 1.165) is 0 Å². The zero-order valence-corrected chi connectivity index (χ0v) is 12.1. The van der Waals surface area contributed by atoms with Gasteiger partial charge in [0.2, 0.25) is 0 Å². The van der Waals surface area contributed by atoms with Crippen LogP contribution in [-0.4, -0.2) is 22.5 Å². The number of nitro benzene ring substituents is 1. The summed E-state index contributed by atoms with van der Waals surface area (Å²) in [6, 6.07) is 4.04. The fraction of sp³-hybridized carbons (Fsp3) is 0.500. The summed E-state index contributed by atoms with van der Waals surface area (Å²) >= 11 is 0. The number of carbonyl (C=O) groups is 1. The Morgan fingerprint density at radius 3 is 2.50 bits per heavy atom. The SMILES string of the molecule is CC(CNc1c(C(=O)O)cccc1[N+](=O)[O-])C(C)(C)C. The maximum Gasteiger partial charge on any atom is 0.338 e. The average Bonchev–Trinajstić information content (AvgIpc) is 2.33. The molecule has 1 atom stereocenters. The Morgan fingerprint density at radius 2 is 2.05 bits per heavy atom. The zero-order valence-electron chi connectivity index (χ0n) is 12.1. The molecule has 0 spiro atoms. The van der Waals surface area contributed by atoms with Crippen LogP contribution in [0.4, 0.5) is 11.4 Å². The molecule has 20 heavy (non-hydrogen) atoms. The highest BCUT2D eigenvalue weighted by molar-refractivity contribution is 5.96. The molecule has 0 aliphatic rings. The van der Waals surface area contributed by atoms with Gasteiger partial charge in [0.15, 0.2) is 0 Å². The molecule has 0 aliphatic heterocycles. The number of carboxylic acids is 1. The maximum atomic E-state index is 11.2. The molecule has 0 aromatic heterocycles. The van der Waals surface area contributed by atoms with Crippen molar-refractivity contribution < 1.29 is 14.8 Å². The predicted molar refractivity (Wildman–Crippen MR) is 77.2 cm³/mol. The minimum Gasteiger partial charge on any atom is -0.478 e. The summed E-state index contributed by atoms with van der Waals surface area (Å²) in [6.07, 6.45) is 0. The zero-order chi connectivity index (χ0) is 15.5. The Morgan fingerprint density at radius 1 is 1.45 bits per heavy atom. The number of carboxylic acid groups (broad SMARTS) is 1. The van der Waals surface area contributed by atoms with Gasteiger partial charge in [0.1, 0.15) is 5.69 Å². The molecule has 6 nitrogen and oxygen atoms in total. The number of aromatic carboxylic acids is 1. The lowest BCUT2D eigenvalue weighted by Crippen LogP contribution is -2.25. The lowest BCUT2D eigenvalue weighted by atomic mass is 9.82. The van der Waals surface area contributed by atoms with Crippen LogP contribution in [-0.2, 0) is 0 Å². The molecule has 0 amide bonds. The van der Waals surface area contributed by atoms with Gasteiger partial charge in [-0.3, -0.25) is 10.1 Å². The van der Waals surface area contributed by atoms with Crippen LogP contribution < -0.4 is 5.32 Å². The van der Waals surface area contributed by atoms with Crippen LogP contribution in [0.5, 0.6) is 0 Å². The van der Waals surface area contributed by atoms with Crippen molar-refractivity contribution in [3.63, 3.8) is 0 Å². The van der Waals surface area contributed by atoms with Crippen molar-refractivity contribution in [1.29, 1.82) is 0 Å². The molecule has 0 saturated carbocycles. The normalized spacial score (nSPS) is 12.8. The molecule has 0 radical (unpaired) electrons. The summed E-state index contributed by atoms with van der Waals surface area (Å²) in [5.74, 6) is -0.955. The molecule has 2 N–H and O–H groups in total. The standard InChI is InChI=1S/C14H20N2O4/c1-9(14(2,3)4)8-15-12-10(13(17)18)6-5-7-11(12)16(19)20/h5-7,9,15H,8H2,1-4H3,(H,17,18). The van der Waals surface area contributed by atoms with Gasteiger partial charge < -0.3 is 10.4 Å². The van der Waals surface area contributed by atoms with E-state index in [-0.39, 0.29) is 28.3 Å². The fourth-order valence-electron chi connectivity index (χ4n) is 1.62. The third-order valence-electron chi connectivity index (χ3n) is 3.53. The van der Waals surface area contributed by atoms with Crippen molar-refractivity contribution in [2.45, 2.75) is 27.7 Å². The Hall–Kier alpha value is -2.11. The van der Waals surface area contributed by atoms with Gasteiger partial charge in [0.25, 0.3) is 5.69 Å². The molecule has 1 rings (SSSR count). The molecule has 1 aromatic rings. The molecule has 1 aromatic carbocycles. The summed E-state index contributed by atoms with van der Waals surface area (Å²) in [5, 5.41) is 23.1. The van der Waals surface area contributed by atoms with E-state index in [1.807, 2.05) is 6.92 Å². The first-order valence-electron chi connectivity index (χ1n) is 6.39. The minimum atomic E-state index is -1.18. The monoisotopic (exact) mass is 280 g/mol. The summed E-state index contributed by atoms with van der Waals surface area (Å²) in [7, 11) is 0. The summed E-state index contributed by atoms with van der Waals surface area (Å²) in [5.41, 5.74) is -0.202. The Bertz CT molecular complexity index is 488. The van der Waals surface area contributed by atoms with E-state index in [2.05, 4.69) is 26.1 Å². The third kappa shape index (κ3) is 3.69. The number of benzene rings is 1. The summed E-state index contributed by atoms with van der Waals surface area (Å²) < 4.78 is 0. The van der Waals surface area contributed by atoms with Crippen LogP contribution in [0.1, 0.15) is 38.1 Å². The van der Waals surface area contributed by atoms with Crippen LogP contribution >= 0.6 is 0 Å². The van der Waals surface area contributed by atoms with Crippen molar-refractivity contribution in [2.24, 2.45) is 11.3 Å². The average molecular weight is 280 g/mol. The quantitative estimate of drug-likeness (QED) is 0.637. The van der Waals surface area contributed by atoms with Gasteiger partial charge in [-0.2, -0.15) is 0 Å². The van der Waals surface area contributed by atoms with Gasteiger partial charge in [-0.1, -0.05) is 33.8 Å². The van der Waals surface area contributed by atoms with E-state index in [4.69, 9.17) is 5.11 Å². The topological polar surface area (TPSA) is 92.5 Å². The maximum absolute atomic E-state index is 11.2. The first-order chi connectivity index (χ1) is 9.14. The van der Waals surface area contributed by atoms with E-state index in [0.29, 0.717) is 6.54 Å². The van der Waals surface area contributed by atoms with Crippen LogP contribution in [0.3, 0.4) is 0 Å². The summed E-state index contributed by atoms with van der Waals surface area (Å²) in [6.45, 7) is 8.68. The number of hydrogen-bond acceptors (Lipinski definition) is 4. The van der Waals surface area contributed by atoms with Crippen LogP contribution in [0, 0.1) is 21.4 Å². The molecular weight excluding hydrogens is 260 g/mol. The van der Waals surface area contributed by atoms with Crippen molar-refractivity contribution >= 4 is 17.3 Å². The van der Waals surface area contributed by atoms with Gasteiger partial charge in [-0.25, -0.2) is 4.79 Å². The lowest BCUT2D eigenvalue weighted by molar-refractivity contribution is -0.384. The number of para-hydroxylation sites is 1. The third-order valence-corrected chi connectivity index (χ3v) is 3.53. The van der Waals surface area contributed by atoms with Gasteiger partial charge in [-0.05, 0) is 17.4 Å². The highest BCUT2D eigenvalue weighted by Gasteiger charge is 2.24. The van der Waals surface area contributed by atoms with E-state index in [1.165, 1.54) is 18.2 Å². The van der Waals surface area contributed by atoms with Crippen LogP contribution in [0.2, 0.25) is 0 Å². The molecule has 6 heteroatoms. The fourth-order valence-corrected chi connectivity index (χ4v) is 1.62. The number of anilines is 1. The lowest BCUT2D eigenvalue weighted by Gasteiger charge is -2.27. The molecule has 0 bridgehead atoms. The van der Waals surface area contributed by atoms with Crippen molar-refractivity contribution in [3.8, 4) is 0 Å². The number of rotatable bonds is 5. The van der Waals surface area contributed by atoms with Gasteiger partial charge in [0, 0.05) is 12.6 Å². The molecular formula is C14H20N2O4. The Balaban J connectivity index is 3.09. The number of nitrogens with zero attached hydrogens (tertiary/aromatic N) is 1. The van der Waals surface area contributed by atoms with E-state index in [1.54, 1.807) is 0 Å². The first kappa shape index (κ1) is 15.9. The largest absolute Gasteiger partial charge is 0.478 e. The van der Waals surface area contributed by atoms with Gasteiger partial charge in [0.05, 0.1) is 10.5 Å². The van der Waals surface area contributed by atoms with Gasteiger partial charge >= 0.3 is 5.97 Å². The molecule has 0 saturated heterocycles. The van der Waals surface area contributed by atoms with E-state index >= 15 is 0 Å². The second-order valence-electron chi connectivity index (χ2n) is 5.91. The molecule has 110 valence electrons. The number of nitrogens with one attached hydrogen (secondary N) is 1. The highest BCUT2D eigenvalue weighted by atomic mass is 16.6. The van der Waals surface area contributed by atoms with Crippen molar-refractivity contribution in [1.82, 2.24) is 0 Å². The van der Waals surface area contributed by atoms with E-state index in [9.17, 15) is 14.9 Å². The first-order valence-corrected chi connectivity index (χ1v) is 6.39. The van der Waals surface area contributed by atoms with E-state index < -0.39 is 10.9 Å². The highest BCUT2D eigenvalue weighted by Crippen LogP contribution is 2.31. The molecule has 1 unspecified atom stereocenters. The van der Waals surface area contributed by atoms with Crippen LogP contribution in [0.25, 0.3) is 0 Å². The second kappa shape index (κ2) is 5.90. The Labute approximate surface area is 118 Å². The minimum absolute atomic E-state index is 0.0277. The molecule has 0 aliphatic carbocycles. The smallest absolute Gasteiger partial charge is 0.338 e. The van der Waals surface area contributed by atoms with Crippen LogP contribution in [0.15, 0.2) is 18.2 Å². The Kier molecular flexibility index (Phi) is 4.70. The number of nitro groups is 1. The van der Waals surface area contributed by atoms with Crippen molar-refractivity contribution in [3.05, 3.63) is 33.9 Å². The summed E-state index contributed by atoms with van der Waals surface area (Å²) in [4.78, 5) is 21.6. The van der Waals surface area contributed by atoms with Crippen molar-refractivity contribution in [2.75, 3.05) is 11.9 Å². The molecule has 0 fully saturated rings. The van der Waals surface area contributed by atoms with Gasteiger partial charge in [-0.15, -0.1) is 0 Å². The predicted octanol–water partition coefficient (Wildman–Crippen LogP) is 3.39. The second-order valence-corrected chi connectivity index (χ2v) is 5.91.